The third-order valence-electron chi connectivity index (χ3n) is 3.17. The van der Waals surface area contributed by atoms with Crippen molar-refractivity contribution in [1.29, 1.82) is 0 Å². The highest BCUT2D eigenvalue weighted by Crippen LogP contribution is 2.15. The van der Waals surface area contributed by atoms with Crippen molar-refractivity contribution in [1.82, 2.24) is 4.90 Å². The van der Waals surface area contributed by atoms with E-state index >= 15 is 0 Å². The van der Waals surface area contributed by atoms with E-state index in [2.05, 4.69) is 10.2 Å². The first-order chi connectivity index (χ1) is 8.69. The van der Waals surface area contributed by atoms with Crippen LogP contribution in [0, 0.1) is 6.92 Å². The molecule has 1 amide bonds. The molecule has 0 aliphatic carbocycles. The zero-order valence-corrected chi connectivity index (χ0v) is 10.6. The van der Waals surface area contributed by atoms with Crippen LogP contribution < -0.4 is 5.32 Å². The third-order valence-corrected chi connectivity index (χ3v) is 3.17. The molecule has 1 heterocycles. The summed E-state index contributed by atoms with van der Waals surface area (Å²) in [5.74, 6) is -0.0520. The Morgan fingerprint density at radius 1 is 1.39 bits per heavy atom. The Hall–Kier alpha value is -1.68. The number of hydrogen-bond acceptors (Lipinski definition) is 3. The average Bonchev–Trinajstić information content (AvgIpc) is 2.84. The Kier molecular flexibility index (Phi) is 4.10. The zero-order chi connectivity index (χ0) is 13.0. The predicted octanol–water partition coefficient (Wildman–Crippen LogP) is 1.84. The number of carbonyl (C=O) groups is 2. The summed E-state index contributed by atoms with van der Waals surface area (Å²) in [6.45, 7) is 4.30. The lowest BCUT2D eigenvalue weighted by Gasteiger charge is -2.15. The van der Waals surface area contributed by atoms with Gasteiger partial charge in [0.15, 0.2) is 6.29 Å². The van der Waals surface area contributed by atoms with Gasteiger partial charge in [0.25, 0.3) is 0 Å². The molecule has 1 aliphatic rings. The van der Waals surface area contributed by atoms with Crippen LogP contribution in [0.1, 0.15) is 28.8 Å². The normalized spacial score (nSPS) is 15.6. The molecule has 1 N–H and O–H groups in total. The highest BCUT2D eigenvalue weighted by molar-refractivity contribution is 5.97. The van der Waals surface area contributed by atoms with E-state index in [-0.39, 0.29) is 5.91 Å². The molecule has 96 valence electrons. The van der Waals surface area contributed by atoms with Gasteiger partial charge >= 0.3 is 0 Å². The molecule has 0 bridgehead atoms. The van der Waals surface area contributed by atoms with Crippen molar-refractivity contribution >= 4 is 17.9 Å². The lowest BCUT2D eigenvalue weighted by molar-refractivity contribution is -0.117. The Morgan fingerprint density at radius 3 is 2.78 bits per heavy atom. The molecular weight excluding hydrogens is 228 g/mol. The number of anilines is 1. The maximum Gasteiger partial charge on any atom is 0.238 e. The molecule has 1 aliphatic heterocycles. The van der Waals surface area contributed by atoms with Gasteiger partial charge in [-0.2, -0.15) is 0 Å². The number of nitrogens with one attached hydrogen (secondary N) is 1. The zero-order valence-electron chi connectivity index (χ0n) is 10.6. The maximum absolute atomic E-state index is 11.9. The molecule has 0 atom stereocenters. The molecular formula is C14H18N2O2. The molecule has 1 saturated heterocycles. The van der Waals surface area contributed by atoms with Crippen LogP contribution in [0.4, 0.5) is 5.69 Å². The van der Waals surface area contributed by atoms with Gasteiger partial charge in [-0.3, -0.25) is 14.5 Å². The molecule has 0 aromatic heterocycles. The van der Waals surface area contributed by atoms with Gasteiger partial charge in [-0.05, 0) is 45.0 Å². The molecule has 0 unspecified atom stereocenters. The number of hydrogen-bond donors (Lipinski definition) is 1. The van der Waals surface area contributed by atoms with Crippen molar-refractivity contribution in [3.8, 4) is 0 Å². The van der Waals surface area contributed by atoms with Crippen LogP contribution in [-0.2, 0) is 4.79 Å². The first kappa shape index (κ1) is 12.8. The fourth-order valence-corrected chi connectivity index (χ4v) is 2.23. The van der Waals surface area contributed by atoms with Crippen molar-refractivity contribution in [2.45, 2.75) is 19.8 Å². The number of rotatable bonds is 4. The minimum atomic E-state index is -0.0520. The Bertz CT molecular complexity index is 451. The monoisotopic (exact) mass is 246 g/mol. The van der Waals surface area contributed by atoms with E-state index in [4.69, 9.17) is 0 Å². The van der Waals surface area contributed by atoms with Crippen molar-refractivity contribution in [2.75, 3.05) is 25.0 Å². The lowest BCUT2D eigenvalue weighted by atomic mass is 10.1. The molecule has 1 aromatic carbocycles. The second kappa shape index (κ2) is 5.78. The highest BCUT2D eigenvalue weighted by Gasteiger charge is 2.15. The molecule has 0 spiro atoms. The van der Waals surface area contributed by atoms with Crippen molar-refractivity contribution in [3.63, 3.8) is 0 Å². The number of nitrogens with zero attached hydrogens (tertiary/aromatic N) is 1. The van der Waals surface area contributed by atoms with E-state index in [1.165, 1.54) is 0 Å². The first-order valence-electron chi connectivity index (χ1n) is 6.27. The number of aldehydes is 1. The number of carbonyl (C=O) groups excluding carboxylic acids is 2. The van der Waals surface area contributed by atoms with Gasteiger partial charge in [-0.25, -0.2) is 0 Å². The Labute approximate surface area is 107 Å². The molecule has 18 heavy (non-hydrogen) atoms. The van der Waals surface area contributed by atoms with E-state index in [1.807, 2.05) is 13.0 Å². The van der Waals surface area contributed by atoms with Gasteiger partial charge in [0.2, 0.25) is 5.91 Å². The van der Waals surface area contributed by atoms with Gasteiger partial charge in [-0.1, -0.05) is 11.6 Å². The van der Waals surface area contributed by atoms with Crippen molar-refractivity contribution < 1.29 is 9.59 Å². The van der Waals surface area contributed by atoms with Gasteiger partial charge in [0.05, 0.1) is 12.2 Å². The minimum Gasteiger partial charge on any atom is -0.324 e. The van der Waals surface area contributed by atoms with Crippen LogP contribution in [0.3, 0.4) is 0 Å². The highest BCUT2D eigenvalue weighted by atomic mass is 16.2. The summed E-state index contributed by atoms with van der Waals surface area (Å²) in [4.78, 5) is 24.9. The summed E-state index contributed by atoms with van der Waals surface area (Å²) < 4.78 is 0. The van der Waals surface area contributed by atoms with Crippen LogP contribution in [0.5, 0.6) is 0 Å². The van der Waals surface area contributed by atoms with Crippen LogP contribution in [0.25, 0.3) is 0 Å². The average molecular weight is 246 g/mol. The van der Waals surface area contributed by atoms with E-state index in [9.17, 15) is 9.59 Å². The predicted molar refractivity (Wildman–Crippen MR) is 70.9 cm³/mol. The standard InChI is InChI=1S/C14H18N2O2/c1-11-4-5-13(12(8-11)10-17)15-14(18)9-16-6-2-3-7-16/h4-5,8,10H,2-3,6-7,9H2,1H3,(H,15,18). The third kappa shape index (κ3) is 3.17. The van der Waals surface area contributed by atoms with Crippen LogP contribution in [-0.4, -0.2) is 36.7 Å². The molecule has 0 radical (unpaired) electrons. The van der Waals surface area contributed by atoms with Gasteiger partial charge < -0.3 is 5.32 Å². The summed E-state index contributed by atoms with van der Waals surface area (Å²) >= 11 is 0. The summed E-state index contributed by atoms with van der Waals surface area (Å²) in [5, 5.41) is 2.80. The number of aryl methyl sites for hydroxylation is 1. The number of amides is 1. The van der Waals surface area contributed by atoms with E-state index in [1.54, 1.807) is 12.1 Å². The van der Waals surface area contributed by atoms with E-state index in [0.717, 1.165) is 37.8 Å². The van der Waals surface area contributed by atoms with E-state index < -0.39 is 0 Å². The second-order valence-electron chi connectivity index (χ2n) is 4.74. The van der Waals surface area contributed by atoms with E-state index in [0.29, 0.717) is 17.8 Å². The quantitative estimate of drug-likeness (QED) is 0.825. The molecule has 2 rings (SSSR count). The summed E-state index contributed by atoms with van der Waals surface area (Å²) in [7, 11) is 0. The van der Waals surface area contributed by atoms with Gasteiger partial charge in [0, 0.05) is 5.56 Å². The fraction of sp³-hybridized carbons (Fsp3) is 0.429. The molecule has 1 fully saturated rings. The number of likely N-dealkylation sites (tertiary alicyclic amines) is 1. The van der Waals surface area contributed by atoms with Crippen molar-refractivity contribution in [2.24, 2.45) is 0 Å². The summed E-state index contributed by atoms with van der Waals surface area (Å²) in [5.41, 5.74) is 2.14. The van der Waals surface area contributed by atoms with Crippen molar-refractivity contribution in [3.05, 3.63) is 29.3 Å². The molecule has 1 aromatic rings. The Balaban J connectivity index is 1.99. The van der Waals surface area contributed by atoms with Crippen LogP contribution >= 0.6 is 0 Å². The molecule has 0 saturated carbocycles. The van der Waals surface area contributed by atoms with Crippen LogP contribution in [0.2, 0.25) is 0 Å². The Morgan fingerprint density at radius 2 is 2.11 bits per heavy atom. The first-order valence-corrected chi connectivity index (χ1v) is 6.27. The maximum atomic E-state index is 11.9. The van der Waals surface area contributed by atoms with Gasteiger partial charge in [-0.15, -0.1) is 0 Å². The fourth-order valence-electron chi connectivity index (χ4n) is 2.23. The van der Waals surface area contributed by atoms with Gasteiger partial charge in [0.1, 0.15) is 0 Å². The van der Waals surface area contributed by atoms with Crippen LogP contribution in [0.15, 0.2) is 18.2 Å². The molecule has 4 nitrogen and oxygen atoms in total. The summed E-state index contributed by atoms with van der Waals surface area (Å²) in [6.07, 6.45) is 3.10. The second-order valence-corrected chi connectivity index (χ2v) is 4.74. The SMILES string of the molecule is Cc1ccc(NC(=O)CN2CCCC2)c(C=O)c1. The lowest BCUT2D eigenvalue weighted by Crippen LogP contribution is -2.31. The largest absolute Gasteiger partial charge is 0.324 e. The number of benzene rings is 1. The minimum absolute atomic E-state index is 0.0520. The smallest absolute Gasteiger partial charge is 0.238 e. The summed E-state index contributed by atoms with van der Waals surface area (Å²) in [6, 6.07) is 5.44. The topological polar surface area (TPSA) is 49.4 Å². The molecule has 4 heteroatoms.